The van der Waals surface area contributed by atoms with Crippen molar-refractivity contribution in [3.8, 4) is 11.5 Å². The van der Waals surface area contributed by atoms with Gasteiger partial charge in [0.2, 0.25) is 5.78 Å². The monoisotopic (exact) mass is 488 g/mol. The van der Waals surface area contributed by atoms with Crippen LogP contribution in [0.15, 0.2) is 84.3 Å². The van der Waals surface area contributed by atoms with Crippen molar-refractivity contribution in [3.05, 3.63) is 101 Å². The predicted octanol–water partition coefficient (Wildman–Crippen LogP) is 5.56. The van der Waals surface area contributed by atoms with E-state index in [0.717, 1.165) is 5.56 Å². The molecular formula is C26H21FN4O3S. The Bertz CT molecular complexity index is 1450. The fourth-order valence-electron chi connectivity index (χ4n) is 3.77. The van der Waals surface area contributed by atoms with Gasteiger partial charge in [0.05, 0.1) is 16.8 Å². The van der Waals surface area contributed by atoms with Crippen LogP contribution >= 0.6 is 11.8 Å². The highest BCUT2D eigenvalue weighted by Gasteiger charge is 2.27. The zero-order valence-corrected chi connectivity index (χ0v) is 19.8. The summed E-state index contributed by atoms with van der Waals surface area (Å²) in [5.41, 5.74) is 2.34. The highest BCUT2D eigenvalue weighted by molar-refractivity contribution is 8.02. The minimum absolute atomic E-state index is 0.116. The molecule has 0 fully saturated rings. The smallest absolute Gasteiger partial charge is 0.328 e. The van der Waals surface area contributed by atoms with Crippen LogP contribution in [0.2, 0.25) is 0 Å². The van der Waals surface area contributed by atoms with Crippen LogP contribution in [0.4, 0.5) is 9.18 Å². The molecule has 0 spiro atoms. The number of fused-ring (bicyclic) bond motifs is 1. The number of Topliss-reactive ketones (excluding diaryl/α,β-unsaturated/α-hetero) is 1. The lowest BCUT2D eigenvalue weighted by Gasteiger charge is -2.12. The maximum absolute atomic E-state index is 13.5. The summed E-state index contributed by atoms with van der Waals surface area (Å²) in [7, 11) is 3.29. The largest absolute Gasteiger partial charge is 0.457 e. The Hall–Kier alpha value is -4.11. The van der Waals surface area contributed by atoms with Gasteiger partial charge in [-0.05, 0) is 42.5 Å². The maximum Gasteiger partial charge on any atom is 0.328 e. The van der Waals surface area contributed by atoms with Crippen LogP contribution in [0.1, 0.15) is 21.3 Å². The lowest BCUT2D eigenvalue weighted by molar-refractivity contribution is 0.102. The molecule has 176 valence electrons. The molecule has 0 aliphatic carbocycles. The Kier molecular flexibility index (Phi) is 6.00. The molecular weight excluding hydrogens is 467 g/mol. The number of hydrogen-bond donors (Lipinski definition) is 1. The second-order valence-corrected chi connectivity index (χ2v) is 9.11. The number of ether oxygens (including phenoxy) is 1. The molecule has 2 aromatic carbocycles. The second kappa shape index (κ2) is 9.27. The first kappa shape index (κ1) is 22.7. The van der Waals surface area contributed by atoms with E-state index >= 15 is 0 Å². The number of aromatic nitrogens is 2. The quantitative estimate of drug-likeness (QED) is 0.371. The normalized spacial score (nSPS) is 14.9. The van der Waals surface area contributed by atoms with E-state index in [0.29, 0.717) is 33.7 Å². The van der Waals surface area contributed by atoms with Crippen molar-refractivity contribution in [2.75, 3.05) is 14.1 Å². The van der Waals surface area contributed by atoms with Gasteiger partial charge in [0.1, 0.15) is 22.7 Å². The molecule has 2 aromatic heterocycles. The number of thioether (sulfide) groups is 1. The molecule has 1 aliphatic heterocycles. The predicted molar refractivity (Wildman–Crippen MR) is 133 cm³/mol. The molecule has 35 heavy (non-hydrogen) atoms. The lowest BCUT2D eigenvalue weighted by Crippen LogP contribution is -2.26. The van der Waals surface area contributed by atoms with Gasteiger partial charge in [-0.2, -0.15) is 0 Å². The van der Waals surface area contributed by atoms with Crippen molar-refractivity contribution in [2.24, 2.45) is 0 Å². The van der Waals surface area contributed by atoms with E-state index in [-0.39, 0.29) is 23.0 Å². The molecule has 0 saturated carbocycles. The molecule has 0 saturated heterocycles. The Balaban J connectivity index is 1.49. The average molecular weight is 489 g/mol. The fourth-order valence-corrected chi connectivity index (χ4v) is 4.70. The number of hydrogen-bond acceptors (Lipinski definition) is 6. The van der Waals surface area contributed by atoms with Crippen LogP contribution in [0.3, 0.4) is 0 Å². The molecule has 3 heterocycles. The van der Waals surface area contributed by atoms with Crippen molar-refractivity contribution < 1.29 is 18.7 Å². The number of benzene rings is 2. The summed E-state index contributed by atoms with van der Waals surface area (Å²) < 4.78 is 20.5. The number of amides is 1. The van der Waals surface area contributed by atoms with Gasteiger partial charge in [0.15, 0.2) is 0 Å². The fraction of sp³-hybridized carbons (Fsp3) is 0.115. The van der Waals surface area contributed by atoms with Crippen LogP contribution in [-0.2, 0) is 0 Å². The van der Waals surface area contributed by atoms with Crippen molar-refractivity contribution in [2.45, 2.75) is 5.37 Å². The molecule has 1 N–H and O–H groups in total. The Morgan fingerprint density at radius 1 is 1.11 bits per heavy atom. The molecule has 1 atom stereocenters. The summed E-state index contributed by atoms with van der Waals surface area (Å²) in [6, 6.07) is 14.3. The van der Waals surface area contributed by atoms with Crippen LogP contribution < -0.4 is 10.1 Å². The molecule has 0 bridgehead atoms. The minimum Gasteiger partial charge on any atom is -0.457 e. The molecule has 0 radical (unpaired) electrons. The zero-order valence-electron chi connectivity index (χ0n) is 18.9. The van der Waals surface area contributed by atoms with Crippen molar-refractivity contribution in [1.82, 2.24) is 19.8 Å². The van der Waals surface area contributed by atoms with E-state index in [4.69, 9.17) is 4.74 Å². The van der Waals surface area contributed by atoms with Gasteiger partial charge < -0.3 is 15.0 Å². The number of halogens is 1. The van der Waals surface area contributed by atoms with Crippen LogP contribution in [0, 0.1) is 5.82 Å². The van der Waals surface area contributed by atoms with E-state index in [1.165, 1.54) is 45.5 Å². The van der Waals surface area contributed by atoms with Gasteiger partial charge in [-0.1, -0.05) is 6.07 Å². The number of nitrogens with zero attached hydrogens (tertiary/aromatic N) is 3. The summed E-state index contributed by atoms with van der Waals surface area (Å²) >= 11 is 1.49. The number of allylic oxidation sites excluding steroid dienone is 1. The van der Waals surface area contributed by atoms with Gasteiger partial charge in [-0.3, -0.25) is 14.3 Å². The maximum atomic E-state index is 13.5. The highest BCUT2D eigenvalue weighted by atomic mass is 32.2. The minimum atomic E-state index is -0.361. The highest BCUT2D eigenvalue weighted by Crippen LogP contribution is 2.36. The summed E-state index contributed by atoms with van der Waals surface area (Å²) in [6.45, 7) is 0. The Morgan fingerprint density at radius 2 is 1.89 bits per heavy atom. The van der Waals surface area contributed by atoms with Crippen LogP contribution in [0.25, 0.3) is 10.9 Å². The number of ketones is 1. The molecule has 4 aromatic rings. The Labute approximate surface area is 205 Å². The van der Waals surface area contributed by atoms with Crippen molar-refractivity contribution >= 4 is 34.5 Å². The topological polar surface area (TPSA) is 76.5 Å². The molecule has 1 amide bonds. The average Bonchev–Trinajstić information content (AvgIpc) is 3.51. The first-order chi connectivity index (χ1) is 16.9. The molecule has 5 rings (SSSR count). The van der Waals surface area contributed by atoms with E-state index in [2.05, 4.69) is 10.3 Å². The van der Waals surface area contributed by atoms with Crippen LogP contribution in [0.5, 0.6) is 11.5 Å². The van der Waals surface area contributed by atoms with Crippen LogP contribution in [-0.4, -0.2) is 40.4 Å². The summed E-state index contributed by atoms with van der Waals surface area (Å²) in [5.74, 6) is 0.337. The Morgan fingerprint density at radius 3 is 2.60 bits per heavy atom. The summed E-state index contributed by atoms with van der Waals surface area (Å²) in [4.78, 5) is 32.0. The van der Waals surface area contributed by atoms with Gasteiger partial charge in [0.25, 0.3) is 0 Å². The molecule has 7 nitrogen and oxygen atoms in total. The van der Waals surface area contributed by atoms with Crippen molar-refractivity contribution in [1.29, 1.82) is 0 Å². The SMILES string of the molecule is CN(C)C(=O)n1cc(C(=O)C2=CSC(c3cccnc3)N2)c2ccc(Oc3ccc(F)cc3)cc21. The first-order valence-corrected chi connectivity index (χ1v) is 11.7. The molecule has 9 heteroatoms. The number of carbonyl (C=O) groups excluding carboxylic acids is 2. The molecule has 1 aliphatic rings. The standard InChI is InChI=1S/C26H21FN4O3S/c1-30(2)26(33)31-14-21(24(32)22-15-35-25(29-22)16-4-3-11-28-13-16)20-10-9-19(12-23(20)31)34-18-7-5-17(27)6-8-18/h3-15,25,29H,1-2H3. The van der Waals surface area contributed by atoms with E-state index in [1.807, 2.05) is 12.1 Å². The summed E-state index contributed by atoms with van der Waals surface area (Å²) in [6.07, 6.45) is 5.02. The van der Waals surface area contributed by atoms with E-state index in [1.54, 1.807) is 56.3 Å². The first-order valence-electron chi connectivity index (χ1n) is 10.8. The third-order valence-electron chi connectivity index (χ3n) is 5.50. The number of carbonyl (C=O) groups is 2. The summed E-state index contributed by atoms with van der Waals surface area (Å²) in [5, 5.41) is 5.55. The molecule has 1 unspecified atom stereocenters. The third-order valence-corrected chi connectivity index (χ3v) is 6.53. The van der Waals surface area contributed by atoms with Crippen molar-refractivity contribution in [3.63, 3.8) is 0 Å². The van der Waals surface area contributed by atoms with E-state index in [9.17, 15) is 14.0 Å². The van der Waals surface area contributed by atoms with E-state index < -0.39 is 0 Å². The number of nitrogens with one attached hydrogen (secondary N) is 1. The number of pyridine rings is 1. The third kappa shape index (κ3) is 4.50. The van der Waals surface area contributed by atoms with Gasteiger partial charge in [0, 0.05) is 55.1 Å². The lowest BCUT2D eigenvalue weighted by atomic mass is 10.1. The second-order valence-electron chi connectivity index (χ2n) is 8.13. The zero-order chi connectivity index (χ0) is 24.5. The number of rotatable bonds is 5. The van der Waals surface area contributed by atoms with Gasteiger partial charge >= 0.3 is 6.03 Å². The van der Waals surface area contributed by atoms with Gasteiger partial charge in [-0.15, -0.1) is 11.8 Å². The van der Waals surface area contributed by atoms with Gasteiger partial charge in [-0.25, -0.2) is 9.18 Å².